The topological polar surface area (TPSA) is 32.7 Å². The molecular formula is C28H35NO2. The van der Waals surface area contributed by atoms with E-state index < -0.39 is 5.60 Å². The highest BCUT2D eigenvalue weighted by Gasteiger charge is 2.34. The van der Waals surface area contributed by atoms with Gasteiger partial charge in [0.1, 0.15) is 5.75 Å². The molecule has 1 saturated heterocycles. The highest BCUT2D eigenvalue weighted by atomic mass is 16.5. The smallest absolute Gasteiger partial charge is 0.119 e. The summed E-state index contributed by atoms with van der Waals surface area (Å²) in [6.45, 7) is 5.78. The number of likely N-dealkylation sites (tertiary alicyclic amines) is 1. The molecule has 1 fully saturated rings. The number of ether oxygens (including phenoxy) is 1. The number of rotatable bonds is 9. The molecule has 0 spiro atoms. The maximum absolute atomic E-state index is 11.4. The molecule has 0 aromatic heterocycles. The van der Waals surface area contributed by atoms with Crippen LogP contribution < -0.4 is 4.74 Å². The maximum Gasteiger partial charge on any atom is 0.119 e. The van der Waals surface area contributed by atoms with Gasteiger partial charge in [0.2, 0.25) is 0 Å². The number of unbranched alkanes of at least 4 members (excludes halogenated alkanes) is 3. The van der Waals surface area contributed by atoms with Gasteiger partial charge in [-0.05, 0) is 59.4 Å². The minimum atomic E-state index is -0.740. The largest absolute Gasteiger partial charge is 0.494 e. The third-order valence-electron chi connectivity index (χ3n) is 6.55. The molecule has 4 rings (SSSR count). The van der Waals surface area contributed by atoms with Crippen LogP contribution in [0.3, 0.4) is 0 Å². The minimum Gasteiger partial charge on any atom is -0.494 e. The van der Waals surface area contributed by atoms with Crippen LogP contribution in [-0.4, -0.2) is 29.7 Å². The van der Waals surface area contributed by atoms with Crippen molar-refractivity contribution in [3.05, 3.63) is 77.9 Å². The molecule has 0 unspecified atom stereocenters. The summed E-state index contributed by atoms with van der Waals surface area (Å²) in [6.07, 6.45) is 6.40. The Morgan fingerprint density at radius 3 is 2.39 bits per heavy atom. The fourth-order valence-electron chi connectivity index (χ4n) is 4.53. The van der Waals surface area contributed by atoms with Gasteiger partial charge in [-0.3, -0.25) is 4.90 Å². The standard InChI is InChI=1S/C28H35NO2/c1-2-3-4-8-19-31-27-14-12-24-20-26(13-11-25(24)21-27)28(30)15-17-29(18-16-28)22-23-9-6-5-7-10-23/h5-7,9-14,20-21,30H,2-4,8,15-19,22H2,1H3. The number of benzene rings is 3. The summed E-state index contributed by atoms with van der Waals surface area (Å²) in [4.78, 5) is 2.44. The van der Waals surface area contributed by atoms with E-state index in [1.807, 2.05) is 0 Å². The van der Waals surface area contributed by atoms with Crippen LogP contribution in [0.2, 0.25) is 0 Å². The molecule has 0 saturated carbocycles. The normalized spacial score (nSPS) is 16.5. The van der Waals surface area contributed by atoms with Gasteiger partial charge < -0.3 is 9.84 Å². The Kier molecular flexibility index (Phi) is 7.26. The minimum absolute atomic E-state index is 0.740. The van der Waals surface area contributed by atoms with Gasteiger partial charge in [-0.25, -0.2) is 0 Å². The SMILES string of the molecule is CCCCCCOc1ccc2cc(C3(O)CCN(Cc4ccccc4)CC3)ccc2c1. The average Bonchev–Trinajstić information content (AvgIpc) is 2.81. The first-order valence-corrected chi connectivity index (χ1v) is 11.8. The Balaban J connectivity index is 1.37. The lowest BCUT2D eigenvalue weighted by atomic mass is 9.83. The zero-order valence-corrected chi connectivity index (χ0v) is 18.7. The van der Waals surface area contributed by atoms with E-state index in [1.165, 1.54) is 30.2 Å². The Morgan fingerprint density at radius 1 is 0.871 bits per heavy atom. The zero-order valence-electron chi connectivity index (χ0n) is 18.7. The lowest BCUT2D eigenvalue weighted by molar-refractivity contribution is -0.0276. The second kappa shape index (κ2) is 10.3. The molecule has 31 heavy (non-hydrogen) atoms. The molecule has 3 aromatic rings. The molecule has 0 atom stereocenters. The molecule has 0 bridgehead atoms. The van der Waals surface area contributed by atoms with E-state index in [0.717, 1.165) is 62.2 Å². The lowest BCUT2D eigenvalue weighted by Gasteiger charge is -2.38. The Bertz CT molecular complexity index is 961. The molecule has 1 N–H and O–H groups in total. The van der Waals surface area contributed by atoms with Gasteiger partial charge in [-0.1, -0.05) is 74.7 Å². The van der Waals surface area contributed by atoms with E-state index in [-0.39, 0.29) is 0 Å². The van der Waals surface area contributed by atoms with Crippen molar-refractivity contribution in [2.24, 2.45) is 0 Å². The molecule has 0 aliphatic carbocycles. The van der Waals surface area contributed by atoms with Gasteiger partial charge in [0, 0.05) is 19.6 Å². The predicted octanol–water partition coefficient (Wildman–Crippen LogP) is 6.28. The number of piperidine rings is 1. The Labute approximate surface area is 186 Å². The first-order chi connectivity index (χ1) is 15.2. The lowest BCUT2D eigenvalue weighted by Crippen LogP contribution is -2.42. The summed E-state index contributed by atoms with van der Waals surface area (Å²) in [5.74, 6) is 0.935. The molecule has 164 valence electrons. The number of fused-ring (bicyclic) bond motifs is 1. The van der Waals surface area contributed by atoms with Crippen LogP contribution >= 0.6 is 0 Å². The van der Waals surface area contributed by atoms with Gasteiger partial charge in [0.05, 0.1) is 12.2 Å². The highest BCUT2D eigenvalue weighted by Crippen LogP contribution is 2.35. The fourth-order valence-corrected chi connectivity index (χ4v) is 4.53. The van der Waals surface area contributed by atoms with Crippen LogP contribution in [0.25, 0.3) is 10.8 Å². The van der Waals surface area contributed by atoms with E-state index in [2.05, 4.69) is 78.6 Å². The van der Waals surface area contributed by atoms with Crippen LogP contribution in [0, 0.1) is 0 Å². The van der Waals surface area contributed by atoms with E-state index in [1.54, 1.807) is 0 Å². The number of hydrogen-bond donors (Lipinski definition) is 1. The van der Waals surface area contributed by atoms with Crippen molar-refractivity contribution < 1.29 is 9.84 Å². The molecule has 3 aromatic carbocycles. The first kappa shape index (κ1) is 21.9. The van der Waals surface area contributed by atoms with Gasteiger partial charge in [-0.15, -0.1) is 0 Å². The molecule has 3 heteroatoms. The third kappa shape index (κ3) is 5.66. The predicted molar refractivity (Wildman–Crippen MR) is 128 cm³/mol. The summed E-state index contributed by atoms with van der Waals surface area (Å²) >= 11 is 0. The molecule has 3 nitrogen and oxygen atoms in total. The quantitative estimate of drug-likeness (QED) is 0.416. The number of aliphatic hydroxyl groups is 1. The second-order valence-corrected chi connectivity index (χ2v) is 8.93. The van der Waals surface area contributed by atoms with Crippen molar-refractivity contribution in [3.63, 3.8) is 0 Å². The van der Waals surface area contributed by atoms with E-state index >= 15 is 0 Å². The molecular weight excluding hydrogens is 382 g/mol. The Morgan fingerprint density at radius 2 is 1.61 bits per heavy atom. The van der Waals surface area contributed by atoms with Gasteiger partial charge in [-0.2, -0.15) is 0 Å². The highest BCUT2D eigenvalue weighted by molar-refractivity contribution is 5.84. The van der Waals surface area contributed by atoms with Crippen LogP contribution in [0.1, 0.15) is 56.6 Å². The molecule has 1 heterocycles. The van der Waals surface area contributed by atoms with Crippen molar-refractivity contribution in [2.45, 2.75) is 57.6 Å². The summed E-state index contributed by atoms with van der Waals surface area (Å²) in [5.41, 5.74) is 1.63. The number of nitrogens with zero attached hydrogens (tertiary/aromatic N) is 1. The molecule has 1 aliphatic heterocycles. The van der Waals surface area contributed by atoms with Crippen molar-refractivity contribution in [1.82, 2.24) is 4.90 Å². The van der Waals surface area contributed by atoms with Gasteiger partial charge in [0.25, 0.3) is 0 Å². The zero-order chi connectivity index (χ0) is 21.5. The van der Waals surface area contributed by atoms with Crippen LogP contribution in [-0.2, 0) is 12.1 Å². The van der Waals surface area contributed by atoms with Crippen molar-refractivity contribution in [2.75, 3.05) is 19.7 Å². The van der Waals surface area contributed by atoms with Crippen molar-refractivity contribution in [1.29, 1.82) is 0 Å². The average molecular weight is 418 g/mol. The second-order valence-electron chi connectivity index (χ2n) is 8.93. The summed E-state index contributed by atoms with van der Waals surface area (Å²) in [6, 6.07) is 23.3. The fraction of sp³-hybridized carbons (Fsp3) is 0.429. The van der Waals surface area contributed by atoms with Gasteiger partial charge in [0.15, 0.2) is 0 Å². The third-order valence-corrected chi connectivity index (χ3v) is 6.55. The van der Waals surface area contributed by atoms with E-state index in [0.29, 0.717) is 0 Å². The maximum atomic E-state index is 11.4. The van der Waals surface area contributed by atoms with Crippen LogP contribution in [0.15, 0.2) is 66.7 Å². The van der Waals surface area contributed by atoms with Crippen molar-refractivity contribution in [3.8, 4) is 5.75 Å². The van der Waals surface area contributed by atoms with Crippen LogP contribution in [0.4, 0.5) is 0 Å². The van der Waals surface area contributed by atoms with E-state index in [4.69, 9.17) is 4.74 Å². The van der Waals surface area contributed by atoms with E-state index in [9.17, 15) is 5.11 Å². The summed E-state index contributed by atoms with van der Waals surface area (Å²) in [7, 11) is 0. The van der Waals surface area contributed by atoms with Gasteiger partial charge >= 0.3 is 0 Å². The summed E-state index contributed by atoms with van der Waals surface area (Å²) < 4.78 is 5.93. The first-order valence-electron chi connectivity index (χ1n) is 11.8. The number of hydrogen-bond acceptors (Lipinski definition) is 3. The monoisotopic (exact) mass is 417 g/mol. The summed E-state index contributed by atoms with van der Waals surface area (Å²) in [5, 5.41) is 13.7. The molecule has 1 aliphatic rings. The molecule has 0 amide bonds. The van der Waals surface area contributed by atoms with Crippen LogP contribution in [0.5, 0.6) is 5.75 Å². The Hall–Kier alpha value is -2.36. The molecule has 0 radical (unpaired) electrons. The van der Waals surface area contributed by atoms with Crippen molar-refractivity contribution >= 4 is 10.8 Å².